The van der Waals surface area contributed by atoms with Gasteiger partial charge in [0.15, 0.2) is 0 Å². The van der Waals surface area contributed by atoms with Gasteiger partial charge in [0.25, 0.3) is 0 Å². The summed E-state index contributed by atoms with van der Waals surface area (Å²) in [5.41, 5.74) is 9.12. The first kappa shape index (κ1) is 40.2. The maximum absolute atomic E-state index is 3.89. The molecule has 0 heterocycles. The Kier molecular flexibility index (Phi) is 12.6. The highest BCUT2D eigenvalue weighted by atomic mass is 79.9. The lowest BCUT2D eigenvalue weighted by atomic mass is 9.70. The molecule has 0 unspecified atom stereocenters. The van der Waals surface area contributed by atoms with E-state index in [1.165, 1.54) is 164 Å². The highest BCUT2D eigenvalue weighted by Crippen LogP contribution is 2.55. The number of unbranched alkanes of at least 4 members (excludes halogenated alkanes) is 10. The Morgan fingerprint density at radius 2 is 0.644 bits per heavy atom. The molecule has 8 aromatic carbocycles. The van der Waals surface area contributed by atoms with Crippen molar-refractivity contribution < 1.29 is 0 Å². The summed E-state index contributed by atoms with van der Waals surface area (Å²) in [4.78, 5) is 0. The molecule has 0 amide bonds. The zero-order valence-electron chi connectivity index (χ0n) is 34.4. The summed E-state index contributed by atoms with van der Waals surface area (Å²) in [7, 11) is 0. The number of hydrogen-bond donors (Lipinski definition) is 0. The van der Waals surface area contributed by atoms with Gasteiger partial charge in [0, 0.05) is 14.4 Å². The van der Waals surface area contributed by atoms with Crippen LogP contribution in [-0.4, -0.2) is 0 Å². The highest BCUT2D eigenvalue weighted by molar-refractivity contribution is 9.10. The molecule has 2 heteroatoms. The zero-order chi connectivity index (χ0) is 40.0. The summed E-state index contributed by atoms with van der Waals surface area (Å²) in [6.45, 7) is 0. The molecule has 0 radical (unpaired) electrons. The molecule has 0 saturated heterocycles. The van der Waals surface area contributed by atoms with Crippen LogP contribution >= 0.6 is 31.9 Å². The number of rotatable bonds is 18. The number of hydrogen-bond acceptors (Lipinski definition) is 0. The Morgan fingerprint density at radius 3 is 1.02 bits per heavy atom. The van der Waals surface area contributed by atoms with E-state index >= 15 is 0 Å². The van der Waals surface area contributed by atoms with Crippen LogP contribution in [0.3, 0.4) is 0 Å². The fourth-order valence-corrected chi connectivity index (χ4v) is 11.5. The predicted octanol–water partition coefficient (Wildman–Crippen LogP) is 18.0. The molecular weight excluding hydrogens is 844 g/mol. The zero-order valence-corrected chi connectivity index (χ0v) is 37.6. The van der Waals surface area contributed by atoms with Crippen LogP contribution in [0.1, 0.15) is 112 Å². The van der Waals surface area contributed by atoms with Crippen LogP contribution in [0, 0.1) is 0 Å². The topological polar surface area (TPSA) is 0 Å². The Morgan fingerprint density at radius 1 is 0.322 bits per heavy atom. The molecule has 0 aromatic heterocycles. The van der Waals surface area contributed by atoms with Crippen LogP contribution < -0.4 is 0 Å². The normalized spacial score (nSPS) is 13.1. The van der Waals surface area contributed by atoms with Gasteiger partial charge in [-0.25, -0.2) is 0 Å². The SMILES string of the molecule is Brc1ccc2c(c1)C(CCCCCCCCc1c3ccccc3cc3ccccc13)(CCCCCCCCc1c3ccccc3cc3ccccc13)c1cc(Br)ccc1-2. The molecule has 0 bridgehead atoms. The lowest BCUT2D eigenvalue weighted by Gasteiger charge is -2.33. The molecule has 0 aliphatic heterocycles. The lowest BCUT2D eigenvalue weighted by molar-refractivity contribution is 0.397. The Balaban J connectivity index is 0.804. The molecule has 0 atom stereocenters. The van der Waals surface area contributed by atoms with Gasteiger partial charge in [-0.15, -0.1) is 0 Å². The average Bonchev–Trinajstić information content (AvgIpc) is 3.52. The molecule has 1 aliphatic carbocycles. The van der Waals surface area contributed by atoms with Crippen LogP contribution in [0.25, 0.3) is 54.2 Å². The van der Waals surface area contributed by atoms with Crippen molar-refractivity contribution in [3.8, 4) is 11.1 Å². The second-order valence-electron chi connectivity index (χ2n) is 17.3. The third-order valence-electron chi connectivity index (χ3n) is 13.6. The van der Waals surface area contributed by atoms with Crippen molar-refractivity contribution >= 4 is 74.9 Å². The minimum Gasteiger partial charge on any atom is -0.0616 e. The summed E-state index contributed by atoms with van der Waals surface area (Å²) in [6, 6.07) is 54.7. The molecule has 8 aromatic rings. The lowest BCUT2D eigenvalue weighted by Crippen LogP contribution is -2.25. The van der Waals surface area contributed by atoms with Gasteiger partial charge in [-0.05, 0) is 151 Å². The Labute approximate surface area is 368 Å². The first-order chi connectivity index (χ1) is 29.1. The van der Waals surface area contributed by atoms with Gasteiger partial charge in [0.05, 0.1) is 0 Å². The first-order valence-electron chi connectivity index (χ1n) is 22.5. The fraction of sp³-hybridized carbons (Fsp3) is 0.298. The molecule has 0 nitrogen and oxygen atoms in total. The van der Waals surface area contributed by atoms with Crippen LogP contribution in [0.15, 0.2) is 155 Å². The number of aryl methyl sites for hydroxylation is 2. The van der Waals surface area contributed by atoms with Crippen molar-refractivity contribution in [2.24, 2.45) is 0 Å². The van der Waals surface area contributed by atoms with Gasteiger partial charge in [0.2, 0.25) is 0 Å². The molecule has 0 fully saturated rings. The number of benzene rings is 8. The van der Waals surface area contributed by atoms with Crippen LogP contribution in [0.5, 0.6) is 0 Å². The smallest absolute Gasteiger partial charge is 0.0216 e. The summed E-state index contributed by atoms with van der Waals surface area (Å²) < 4.78 is 2.40. The van der Waals surface area contributed by atoms with Gasteiger partial charge in [-0.2, -0.15) is 0 Å². The summed E-state index contributed by atoms with van der Waals surface area (Å²) in [6.07, 6.45) is 20.3. The van der Waals surface area contributed by atoms with Crippen molar-refractivity contribution in [2.75, 3.05) is 0 Å². The second kappa shape index (κ2) is 18.6. The first-order valence-corrected chi connectivity index (χ1v) is 24.1. The van der Waals surface area contributed by atoms with E-state index in [0.29, 0.717) is 0 Å². The van der Waals surface area contributed by atoms with Gasteiger partial charge in [-0.1, -0.05) is 205 Å². The molecule has 1 aliphatic rings. The molecule has 298 valence electrons. The number of halogens is 2. The van der Waals surface area contributed by atoms with Gasteiger partial charge >= 0.3 is 0 Å². The predicted molar refractivity (Wildman–Crippen MR) is 263 cm³/mol. The second-order valence-corrected chi connectivity index (χ2v) is 19.1. The van der Waals surface area contributed by atoms with E-state index in [-0.39, 0.29) is 5.41 Å². The van der Waals surface area contributed by atoms with Crippen molar-refractivity contribution in [3.05, 3.63) is 177 Å². The van der Waals surface area contributed by atoms with E-state index in [9.17, 15) is 0 Å². The summed E-state index contributed by atoms with van der Waals surface area (Å²) in [5.74, 6) is 0. The highest BCUT2D eigenvalue weighted by Gasteiger charge is 2.42. The minimum absolute atomic E-state index is 0.0725. The maximum Gasteiger partial charge on any atom is 0.0216 e. The van der Waals surface area contributed by atoms with Crippen LogP contribution in [0.4, 0.5) is 0 Å². The fourth-order valence-electron chi connectivity index (χ4n) is 10.7. The quantitative estimate of drug-likeness (QED) is 0.0595. The molecular formula is C57H56Br2. The molecule has 0 N–H and O–H groups in total. The van der Waals surface area contributed by atoms with Crippen molar-refractivity contribution in [1.29, 1.82) is 0 Å². The Hall–Kier alpha value is -4.24. The van der Waals surface area contributed by atoms with Gasteiger partial charge < -0.3 is 0 Å². The largest absolute Gasteiger partial charge is 0.0616 e. The molecule has 0 spiro atoms. The minimum atomic E-state index is 0.0725. The molecule has 0 saturated carbocycles. The molecule has 9 rings (SSSR count). The summed E-state index contributed by atoms with van der Waals surface area (Å²) >= 11 is 7.77. The van der Waals surface area contributed by atoms with Gasteiger partial charge in [-0.3, -0.25) is 0 Å². The van der Waals surface area contributed by atoms with Crippen molar-refractivity contribution in [1.82, 2.24) is 0 Å². The number of fused-ring (bicyclic) bond motifs is 7. The monoisotopic (exact) mass is 898 g/mol. The van der Waals surface area contributed by atoms with E-state index in [2.05, 4.69) is 177 Å². The molecule has 59 heavy (non-hydrogen) atoms. The van der Waals surface area contributed by atoms with Crippen molar-refractivity contribution in [3.63, 3.8) is 0 Å². The summed E-state index contributed by atoms with van der Waals surface area (Å²) in [5, 5.41) is 11.2. The van der Waals surface area contributed by atoms with E-state index in [4.69, 9.17) is 0 Å². The maximum atomic E-state index is 3.89. The third kappa shape index (κ3) is 8.55. The third-order valence-corrected chi connectivity index (χ3v) is 14.6. The van der Waals surface area contributed by atoms with Crippen LogP contribution in [0.2, 0.25) is 0 Å². The van der Waals surface area contributed by atoms with E-state index in [0.717, 1.165) is 12.8 Å². The van der Waals surface area contributed by atoms with Crippen LogP contribution in [-0.2, 0) is 18.3 Å². The standard InChI is InChI=1S/C57H56Br2/c58-45-31-33-53-54-34-32-46(59)40-56(54)57(55(53)39-45,35-19-7-3-1-5-9-29-51-47-25-15-11-21-41(47)37-42-22-12-16-26-48(42)51)36-20-8-4-2-6-10-30-52-49-27-17-13-23-43(49)38-44-24-14-18-28-50(44)52/h11-18,21-28,31-34,37-40H,1-10,19-20,29-30,35-36H2. The van der Waals surface area contributed by atoms with E-state index in [1.807, 2.05) is 0 Å². The van der Waals surface area contributed by atoms with Gasteiger partial charge in [0.1, 0.15) is 0 Å². The van der Waals surface area contributed by atoms with E-state index < -0.39 is 0 Å². The van der Waals surface area contributed by atoms with E-state index in [1.54, 1.807) is 11.1 Å². The Bertz CT molecular complexity index is 2430. The average molecular weight is 901 g/mol. The van der Waals surface area contributed by atoms with Crippen molar-refractivity contribution in [2.45, 2.75) is 108 Å².